The number of hydrogen-bond donors (Lipinski definition) is 1. The molecule has 1 aliphatic rings. The lowest BCUT2D eigenvalue weighted by Gasteiger charge is -2.34. The summed E-state index contributed by atoms with van der Waals surface area (Å²) < 4.78 is 28.3. The number of esters is 2. The monoisotopic (exact) mass is 655 g/mol. The third-order valence-corrected chi connectivity index (χ3v) is 8.16. The Labute approximate surface area is 279 Å². The highest BCUT2D eigenvalue weighted by atomic mass is 32.1. The Bertz CT molecular complexity index is 1600. The molecular weight excluding hydrogens is 618 g/mol. The Kier molecular flexibility index (Phi) is 11.8. The minimum Gasteiger partial charge on any atom is -0.435 e. The fourth-order valence-corrected chi connectivity index (χ4v) is 5.63. The van der Waals surface area contributed by atoms with Crippen molar-refractivity contribution < 1.29 is 38.1 Å². The first-order chi connectivity index (χ1) is 22.9. The average molecular weight is 656 g/mol. The second-order valence-electron chi connectivity index (χ2n) is 10.9. The standard InChI is InChI=1S/C37H37NO8S/c1-42-37(46-36(41)30-15-9-4-10-16-30,45-26-44-35(40)29-13-7-3-8-14-29)31-20-18-28(19-21-31)32(22-17-27-11-5-2-6-12-27)34(39)38-23-24-43-33(47)25-38/h2-16,18-21,32-33,47H,17,22-26H2,1H3. The highest BCUT2D eigenvalue weighted by Crippen LogP contribution is 2.33. The molecule has 1 saturated heterocycles. The number of rotatable bonds is 13. The normalized spacial score (nSPS) is 16.5. The van der Waals surface area contributed by atoms with Gasteiger partial charge in [-0.15, -0.1) is 12.6 Å². The highest BCUT2D eigenvalue weighted by Gasteiger charge is 2.40. The first-order valence-electron chi connectivity index (χ1n) is 15.3. The van der Waals surface area contributed by atoms with Crippen molar-refractivity contribution >= 4 is 30.5 Å². The molecule has 0 radical (unpaired) electrons. The van der Waals surface area contributed by atoms with E-state index in [0.717, 1.165) is 11.1 Å². The maximum Gasteiger partial charge on any atom is 0.361 e. The Morgan fingerprint density at radius 1 is 0.851 bits per heavy atom. The van der Waals surface area contributed by atoms with Gasteiger partial charge in [0, 0.05) is 13.7 Å². The summed E-state index contributed by atoms with van der Waals surface area (Å²) in [7, 11) is 1.32. The van der Waals surface area contributed by atoms with E-state index >= 15 is 0 Å². The van der Waals surface area contributed by atoms with Crippen LogP contribution in [0.3, 0.4) is 0 Å². The molecule has 1 amide bonds. The third kappa shape index (κ3) is 8.87. The van der Waals surface area contributed by atoms with Gasteiger partial charge in [0.2, 0.25) is 5.91 Å². The highest BCUT2D eigenvalue weighted by molar-refractivity contribution is 7.80. The molecule has 1 heterocycles. The summed E-state index contributed by atoms with van der Waals surface area (Å²) in [5.41, 5.74) is 2.47. The molecule has 0 spiro atoms. The number of aryl methyl sites for hydroxylation is 1. The van der Waals surface area contributed by atoms with Gasteiger partial charge in [-0.1, -0.05) is 78.9 Å². The van der Waals surface area contributed by atoms with Crippen molar-refractivity contribution in [3.63, 3.8) is 0 Å². The zero-order valence-electron chi connectivity index (χ0n) is 26.0. The van der Waals surface area contributed by atoms with Crippen LogP contribution in [0.1, 0.15) is 49.7 Å². The fraction of sp³-hybridized carbons (Fsp3) is 0.270. The van der Waals surface area contributed by atoms with Crippen LogP contribution in [0.15, 0.2) is 115 Å². The van der Waals surface area contributed by atoms with Gasteiger partial charge in [0.25, 0.3) is 0 Å². The topological polar surface area (TPSA) is 101 Å². The van der Waals surface area contributed by atoms with E-state index in [2.05, 4.69) is 12.6 Å². The molecule has 0 aromatic heterocycles. The van der Waals surface area contributed by atoms with Crippen LogP contribution in [0.25, 0.3) is 0 Å². The number of carbonyl (C=O) groups is 3. The smallest absolute Gasteiger partial charge is 0.361 e. The predicted octanol–water partition coefficient (Wildman–Crippen LogP) is 5.96. The molecule has 47 heavy (non-hydrogen) atoms. The van der Waals surface area contributed by atoms with Gasteiger partial charge in [-0.2, -0.15) is 0 Å². The predicted molar refractivity (Wildman–Crippen MR) is 178 cm³/mol. The molecule has 3 atom stereocenters. The molecule has 4 aromatic carbocycles. The number of hydrogen-bond acceptors (Lipinski definition) is 9. The van der Waals surface area contributed by atoms with Gasteiger partial charge >= 0.3 is 17.9 Å². The number of carbonyl (C=O) groups excluding carboxylic acids is 3. The first kappa shape index (κ1) is 33.9. The van der Waals surface area contributed by atoms with Crippen LogP contribution in [-0.2, 0) is 40.9 Å². The zero-order valence-corrected chi connectivity index (χ0v) is 26.9. The fourth-order valence-electron chi connectivity index (χ4n) is 5.32. The lowest BCUT2D eigenvalue weighted by atomic mass is 9.90. The number of ether oxygens (including phenoxy) is 5. The lowest BCUT2D eigenvalue weighted by molar-refractivity contribution is -0.374. The maximum atomic E-state index is 13.9. The summed E-state index contributed by atoms with van der Waals surface area (Å²) in [6.45, 7) is 0.707. The summed E-state index contributed by atoms with van der Waals surface area (Å²) in [4.78, 5) is 41.5. The molecule has 0 bridgehead atoms. The third-order valence-electron chi connectivity index (χ3n) is 7.84. The molecule has 3 unspecified atom stereocenters. The summed E-state index contributed by atoms with van der Waals surface area (Å²) in [6, 6.07) is 33.8. The van der Waals surface area contributed by atoms with E-state index in [9.17, 15) is 14.4 Å². The number of morpholine rings is 1. The van der Waals surface area contributed by atoms with Crippen LogP contribution in [0, 0.1) is 0 Å². The van der Waals surface area contributed by atoms with E-state index in [4.69, 9.17) is 23.7 Å². The van der Waals surface area contributed by atoms with E-state index in [0.29, 0.717) is 43.7 Å². The molecular formula is C37H37NO8S. The maximum absolute atomic E-state index is 13.9. The second-order valence-corrected chi connectivity index (χ2v) is 11.5. The molecule has 244 valence electrons. The minimum atomic E-state index is -2.07. The number of amides is 1. The Balaban J connectivity index is 1.41. The molecule has 1 fully saturated rings. The number of benzene rings is 4. The van der Waals surface area contributed by atoms with Crippen LogP contribution >= 0.6 is 12.6 Å². The van der Waals surface area contributed by atoms with E-state index < -0.39 is 30.6 Å². The largest absolute Gasteiger partial charge is 0.435 e. The van der Waals surface area contributed by atoms with Gasteiger partial charge < -0.3 is 23.8 Å². The molecule has 0 saturated carbocycles. The van der Waals surface area contributed by atoms with Crippen LogP contribution in [0.5, 0.6) is 0 Å². The summed E-state index contributed by atoms with van der Waals surface area (Å²) in [5, 5.41) is 0. The van der Waals surface area contributed by atoms with Gasteiger partial charge in [0.05, 0.1) is 35.8 Å². The van der Waals surface area contributed by atoms with Crippen LogP contribution in [0.4, 0.5) is 0 Å². The van der Waals surface area contributed by atoms with Crippen LogP contribution in [-0.4, -0.2) is 61.8 Å². The van der Waals surface area contributed by atoms with Gasteiger partial charge in [0.15, 0.2) is 6.79 Å². The van der Waals surface area contributed by atoms with Crippen molar-refractivity contribution in [2.75, 3.05) is 33.6 Å². The molecule has 4 aromatic rings. The summed E-state index contributed by atoms with van der Waals surface area (Å²) in [5.74, 6) is -3.88. The summed E-state index contributed by atoms with van der Waals surface area (Å²) in [6.07, 6.45) is 1.27. The Morgan fingerprint density at radius 3 is 2.04 bits per heavy atom. The van der Waals surface area contributed by atoms with E-state index in [1.807, 2.05) is 30.3 Å². The molecule has 0 aliphatic carbocycles. The van der Waals surface area contributed by atoms with E-state index in [-0.39, 0.29) is 16.9 Å². The van der Waals surface area contributed by atoms with Gasteiger partial charge in [-0.25, -0.2) is 9.59 Å². The van der Waals surface area contributed by atoms with Crippen molar-refractivity contribution in [2.24, 2.45) is 0 Å². The van der Waals surface area contributed by atoms with Crippen LogP contribution < -0.4 is 0 Å². The zero-order chi connectivity index (χ0) is 33.1. The number of methoxy groups -OCH3 is 1. The number of nitrogens with zero attached hydrogens (tertiary/aromatic N) is 1. The average Bonchev–Trinajstić information content (AvgIpc) is 3.12. The Hall–Kier alpha value is -4.48. The van der Waals surface area contributed by atoms with Crippen LogP contribution in [0.2, 0.25) is 0 Å². The van der Waals surface area contributed by atoms with Gasteiger partial charge in [-0.3, -0.25) is 9.53 Å². The summed E-state index contributed by atoms with van der Waals surface area (Å²) >= 11 is 4.43. The number of thiol groups is 1. The van der Waals surface area contributed by atoms with Crippen molar-refractivity contribution in [3.8, 4) is 0 Å². The quantitative estimate of drug-likeness (QED) is 0.107. The molecule has 9 nitrogen and oxygen atoms in total. The van der Waals surface area contributed by atoms with Crippen molar-refractivity contribution in [2.45, 2.75) is 30.2 Å². The van der Waals surface area contributed by atoms with E-state index in [1.165, 1.54) is 7.11 Å². The SMILES string of the molecule is COC(OCOC(=O)c1ccccc1)(OC(=O)c1ccccc1)c1ccc(C(CCc2ccccc2)C(=O)N2CCOC(S)C2)cc1. The second kappa shape index (κ2) is 16.4. The van der Waals surface area contributed by atoms with Gasteiger partial charge in [0.1, 0.15) is 5.44 Å². The van der Waals surface area contributed by atoms with Crippen molar-refractivity contribution in [1.82, 2.24) is 4.90 Å². The van der Waals surface area contributed by atoms with Gasteiger partial charge in [-0.05, 0) is 60.4 Å². The Morgan fingerprint density at radius 2 is 1.45 bits per heavy atom. The lowest BCUT2D eigenvalue weighted by Crippen LogP contribution is -2.45. The molecule has 1 aliphatic heterocycles. The van der Waals surface area contributed by atoms with Crippen molar-refractivity contribution in [1.29, 1.82) is 0 Å². The van der Waals surface area contributed by atoms with Crippen molar-refractivity contribution in [3.05, 3.63) is 143 Å². The minimum absolute atomic E-state index is 0.0198. The van der Waals surface area contributed by atoms with E-state index in [1.54, 1.807) is 89.8 Å². The molecule has 0 N–H and O–H groups in total. The molecule has 10 heteroatoms. The first-order valence-corrected chi connectivity index (χ1v) is 15.8. The molecule has 5 rings (SSSR count).